The Labute approximate surface area is 166 Å². The van der Waals surface area contributed by atoms with Gasteiger partial charge in [-0.2, -0.15) is 0 Å². The second-order valence-corrected chi connectivity index (χ2v) is 8.84. The second-order valence-electron chi connectivity index (χ2n) is 6.42. The molecule has 0 aliphatic heterocycles. The fourth-order valence-electron chi connectivity index (χ4n) is 3.26. The van der Waals surface area contributed by atoms with Gasteiger partial charge in [-0.15, -0.1) is 11.3 Å². The minimum absolute atomic E-state index is 0.0391. The van der Waals surface area contributed by atoms with Crippen molar-refractivity contribution in [3.63, 3.8) is 0 Å². The number of hydrogen-bond acceptors (Lipinski definition) is 6. The van der Waals surface area contributed by atoms with Crippen LogP contribution in [-0.4, -0.2) is 27.7 Å². The van der Waals surface area contributed by atoms with Crippen LogP contribution >= 0.6 is 23.1 Å². The number of thioether (sulfide) groups is 1. The van der Waals surface area contributed by atoms with Crippen molar-refractivity contribution >= 4 is 44.9 Å². The van der Waals surface area contributed by atoms with E-state index in [1.54, 1.807) is 17.7 Å². The SMILES string of the molecule is CCOc1ccc(NC(=O)[C@@H](C)Sc2ncnc3sc4c(c23)CCC4)cc1. The molecule has 1 N–H and O–H groups in total. The number of nitrogens with zero attached hydrogens (tertiary/aromatic N) is 2. The minimum Gasteiger partial charge on any atom is -0.494 e. The molecule has 7 heteroatoms. The van der Waals surface area contributed by atoms with Crippen LogP contribution in [0.2, 0.25) is 0 Å². The molecule has 0 radical (unpaired) electrons. The zero-order chi connectivity index (χ0) is 18.8. The van der Waals surface area contributed by atoms with Gasteiger partial charge < -0.3 is 10.1 Å². The third kappa shape index (κ3) is 3.80. The van der Waals surface area contributed by atoms with Crippen LogP contribution < -0.4 is 10.1 Å². The van der Waals surface area contributed by atoms with Gasteiger partial charge in [-0.25, -0.2) is 9.97 Å². The first-order valence-electron chi connectivity index (χ1n) is 9.11. The maximum absolute atomic E-state index is 12.6. The standard InChI is InChI=1S/C20H21N3O2S2/c1-3-25-14-9-7-13(8-10-14)23-18(24)12(2)26-19-17-15-5-4-6-16(15)27-20(17)22-11-21-19/h7-12H,3-6H2,1-2H3,(H,23,24)/t12-/m1/s1. The van der Waals surface area contributed by atoms with Crippen molar-refractivity contribution in [2.45, 2.75) is 43.4 Å². The number of benzene rings is 1. The minimum atomic E-state index is -0.258. The Balaban J connectivity index is 1.48. The van der Waals surface area contributed by atoms with E-state index < -0.39 is 0 Å². The summed E-state index contributed by atoms with van der Waals surface area (Å²) in [5.41, 5.74) is 2.15. The van der Waals surface area contributed by atoms with Crippen LogP contribution in [0.25, 0.3) is 10.2 Å². The van der Waals surface area contributed by atoms with Gasteiger partial charge in [-0.1, -0.05) is 11.8 Å². The lowest BCUT2D eigenvalue weighted by Gasteiger charge is -2.13. The average molecular weight is 400 g/mol. The first-order chi connectivity index (χ1) is 13.2. The molecule has 1 aliphatic carbocycles. The van der Waals surface area contributed by atoms with Crippen LogP contribution in [0.1, 0.15) is 30.7 Å². The summed E-state index contributed by atoms with van der Waals surface area (Å²) in [6.45, 7) is 4.48. The summed E-state index contributed by atoms with van der Waals surface area (Å²) < 4.78 is 5.43. The zero-order valence-corrected chi connectivity index (χ0v) is 17.0. The Morgan fingerprint density at radius 3 is 2.89 bits per heavy atom. The van der Waals surface area contributed by atoms with Gasteiger partial charge in [0.05, 0.1) is 11.9 Å². The van der Waals surface area contributed by atoms with E-state index in [4.69, 9.17) is 4.74 Å². The summed E-state index contributed by atoms with van der Waals surface area (Å²) in [7, 11) is 0. The highest BCUT2D eigenvalue weighted by Gasteiger charge is 2.23. The molecule has 27 heavy (non-hydrogen) atoms. The monoisotopic (exact) mass is 399 g/mol. The number of hydrogen-bond donors (Lipinski definition) is 1. The molecule has 1 aromatic carbocycles. The van der Waals surface area contributed by atoms with Crippen LogP contribution in [0, 0.1) is 0 Å². The Morgan fingerprint density at radius 1 is 1.30 bits per heavy atom. The van der Waals surface area contributed by atoms with E-state index in [1.807, 2.05) is 38.1 Å². The summed E-state index contributed by atoms with van der Waals surface area (Å²) in [6, 6.07) is 7.43. The van der Waals surface area contributed by atoms with Crippen molar-refractivity contribution in [3.05, 3.63) is 41.0 Å². The first kappa shape index (κ1) is 18.3. The molecule has 5 nitrogen and oxygen atoms in total. The van der Waals surface area contributed by atoms with Crippen molar-refractivity contribution < 1.29 is 9.53 Å². The molecule has 0 saturated carbocycles. The van der Waals surface area contributed by atoms with Crippen molar-refractivity contribution in [1.29, 1.82) is 0 Å². The predicted octanol–water partition coefficient (Wildman–Crippen LogP) is 4.70. The number of rotatable bonds is 6. The third-order valence-corrected chi connectivity index (χ3v) is 6.86. The quantitative estimate of drug-likeness (QED) is 0.481. The number of thiophene rings is 1. The molecule has 2 aromatic heterocycles. The topological polar surface area (TPSA) is 64.1 Å². The van der Waals surface area contributed by atoms with Crippen LogP contribution in [0.3, 0.4) is 0 Å². The number of aromatic nitrogens is 2. The van der Waals surface area contributed by atoms with Crippen LogP contribution in [0.15, 0.2) is 35.6 Å². The molecule has 0 saturated heterocycles. The number of anilines is 1. The number of ether oxygens (including phenoxy) is 1. The summed E-state index contributed by atoms with van der Waals surface area (Å²) in [5, 5.41) is 4.78. The van der Waals surface area contributed by atoms with Gasteiger partial charge >= 0.3 is 0 Å². The molecule has 3 aromatic rings. The van der Waals surface area contributed by atoms with Gasteiger partial charge in [0, 0.05) is 16.0 Å². The summed E-state index contributed by atoms with van der Waals surface area (Å²) in [6.07, 6.45) is 5.02. The Hall–Kier alpha value is -2.12. The van der Waals surface area contributed by atoms with E-state index in [-0.39, 0.29) is 11.2 Å². The van der Waals surface area contributed by atoms with E-state index >= 15 is 0 Å². The predicted molar refractivity (Wildman–Crippen MR) is 111 cm³/mol. The lowest BCUT2D eigenvalue weighted by Crippen LogP contribution is -2.22. The molecule has 0 fully saturated rings. The number of carbonyl (C=O) groups is 1. The van der Waals surface area contributed by atoms with Gasteiger partial charge in [0.1, 0.15) is 21.9 Å². The molecule has 2 heterocycles. The highest BCUT2D eigenvalue weighted by molar-refractivity contribution is 8.00. The van der Waals surface area contributed by atoms with Gasteiger partial charge in [0.15, 0.2) is 0 Å². The summed E-state index contributed by atoms with van der Waals surface area (Å²) in [5.74, 6) is 0.760. The van der Waals surface area contributed by atoms with Crippen molar-refractivity contribution in [1.82, 2.24) is 9.97 Å². The first-order valence-corrected chi connectivity index (χ1v) is 10.8. The normalized spacial score (nSPS) is 14.1. The molecule has 0 bridgehead atoms. The van der Waals surface area contributed by atoms with Gasteiger partial charge in [0.2, 0.25) is 5.91 Å². The molecule has 0 unspecified atom stereocenters. The lowest BCUT2D eigenvalue weighted by molar-refractivity contribution is -0.115. The Kier molecular flexibility index (Phi) is 5.31. The van der Waals surface area contributed by atoms with Crippen LogP contribution in [-0.2, 0) is 17.6 Å². The van der Waals surface area contributed by atoms with Gasteiger partial charge in [-0.3, -0.25) is 4.79 Å². The number of fused-ring (bicyclic) bond motifs is 3. The van der Waals surface area contributed by atoms with E-state index in [2.05, 4.69) is 15.3 Å². The van der Waals surface area contributed by atoms with Crippen molar-refractivity contribution in [3.8, 4) is 5.75 Å². The van der Waals surface area contributed by atoms with E-state index in [0.717, 1.165) is 39.5 Å². The molecular weight excluding hydrogens is 378 g/mol. The largest absolute Gasteiger partial charge is 0.494 e. The smallest absolute Gasteiger partial charge is 0.237 e. The maximum Gasteiger partial charge on any atom is 0.237 e. The molecular formula is C20H21N3O2S2. The van der Waals surface area contributed by atoms with Gasteiger partial charge in [0.25, 0.3) is 0 Å². The number of nitrogens with one attached hydrogen (secondary N) is 1. The molecule has 4 rings (SSSR count). The third-order valence-electron chi connectivity index (χ3n) is 4.56. The van der Waals surface area contributed by atoms with Crippen LogP contribution in [0.4, 0.5) is 5.69 Å². The van der Waals surface area contributed by atoms with Crippen molar-refractivity contribution in [2.24, 2.45) is 0 Å². The lowest BCUT2D eigenvalue weighted by atomic mass is 10.2. The summed E-state index contributed by atoms with van der Waals surface area (Å²) >= 11 is 3.27. The van der Waals surface area contributed by atoms with E-state index in [1.165, 1.54) is 28.6 Å². The maximum atomic E-state index is 12.6. The highest BCUT2D eigenvalue weighted by Crippen LogP contribution is 2.40. The highest BCUT2D eigenvalue weighted by atomic mass is 32.2. The van der Waals surface area contributed by atoms with Crippen LogP contribution in [0.5, 0.6) is 5.75 Å². The average Bonchev–Trinajstić information content (AvgIpc) is 3.24. The number of amides is 1. The fraction of sp³-hybridized carbons (Fsp3) is 0.350. The Morgan fingerprint density at radius 2 is 2.11 bits per heavy atom. The van der Waals surface area contributed by atoms with Gasteiger partial charge in [-0.05, 0) is 62.9 Å². The Bertz CT molecular complexity index is 969. The number of carbonyl (C=O) groups excluding carboxylic acids is 1. The second kappa shape index (κ2) is 7.86. The molecule has 1 amide bonds. The molecule has 1 aliphatic rings. The molecule has 1 atom stereocenters. The zero-order valence-electron chi connectivity index (χ0n) is 15.3. The van der Waals surface area contributed by atoms with E-state index in [0.29, 0.717) is 6.61 Å². The summed E-state index contributed by atoms with van der Waals surface area (Å²) in [4.78, 5) is 24.0. The van der Waals surface area contributed by atoms with E-state index in [9.17, 15) is 4.79 Å². The fourth-order valence-corrected chi connectivity index (χ4v) is 5.50. The molecule has 0 spiro atoms. The molecule has 140 valence electrons. The van der Waals surface area contributed by atoms with Crippen molar-refractivity contribution in [2.75, 3.05) is 11.9 Å². The number of aryl methyl sites for hydroxylation is 2.